The van der Waals surface area contributed by atoms with Gasteiger partial charge in [-0.1, -0.05) is 32.4 Å². The number of rotatable bonds is 3. The molecule has 2 saturated carbocycles. The predicted octanol–water partition coefficient (Wildman–Crippen LogP) is 2.25. The van der Waals surface area contributed by atoms with Gasteiger partial charge in [0.15, 0.2) is 0 Å². The summed E-state index contributed by atoms with van der Waals surface area (Å²) >= 11 is 0. The zero-order valence-electron chi connectivity index (χ0n) is 15.3. The minimum atomic E-state index is -0.712. The molecule has 7 atom stereocenters. The standard InChI is InChI=1S/C20H34O4/c1-18(17(24)11-21)7-6-15-13(8-18)4-5-16-19(2,12-22)9-14(23)10-20(15,16)3/h8,14-17,21-24H,4-7,9-12H2,1-3H3/t14-,15+,16+,17+,18-,19+,20-/m1/s1. The maximum atomic E-state index is 10.5. The van der Waals surface area contributed by atoms with Crippen molar-refractivity contribution >= 4 is 0 Å². The summed E-state index contributed by atoms with van der Waals surface area (Å²) in [7, 11) is 0. The summed E-state index contributed by atoms with van der Waals surface area (Å²) in [6.07, 6.45) is 6.54. The van der Waals surface area contributed by atoms with E-state index in [9.17, 15) is 20.4 Å². The van der Waals surface area contributed by atoms with E-state index in [1.807, 2.05) is 6.92 Å². The zero-order valence-corrected chi connectivity index (χ0v) is 15.3. The molecule has 4 heteroatoms. The molecule has 0 spiro atoms. The molecular formula is C20H34O4. The maximum Gasteiger partial charge on any atom is 0.0858 e. The van der Waals surface area contributed by atoms with Crippen LogP contribution in [-0.4, -0.2) is 45.8 Å². The Balaban J connectivity index is 1.95. The predicted molar refractivity (Wildman–Crippen MR) is 93.3 cm³/mol. The van der Waals surface area contributed by atoms with Gasteiger partial charge in [-0.3, -0.25) is 0 Å². The molecule has 3 rings (SSSR count). The van der Waals surface area contributed by atoms with Crippen LogP contribution in [0.15, 0.2) is 11.6 Å². The molecule has 0 unspecified atom stereocenters. The van der Waals surface area contributed by atoms with Crippen molar-refractivity contribution in [3.8, 4) is 0 Å². The van der Waals surface area contributed by atoms with E-state index >= 15 is 0 Å². The second-order valence-corrected chi connectivity index (χ2v) is 9.49. The van der Waals surface area contributed by atoms with Crippen LogP contribution >= 0.6 is 0 Å². The molecule has 24 heavy (non-hydrogen) atoms. The second-order valence-electron chi connectivity index (χ2n) is 9.49. The van der Waals surface area contributed by atoms with Gasteiger partial charge in [-0.15, -0.1) is 0 Å². The highest BCUT2D eigenvalue weighted by atomic mass is 16.3. The Kier molecular flexibility index (Phi) is 4.66. The van der Waals surface area contributed by atoms with E-state index in [1.165, 1.54) is 5.57 Å². The summed E-state index contributed by atoms with van der Waals surface area (Å²) in [5.74, 6) is 0.837. The summed E-state index contributed by atoms with van der Waals surface area (Å²) in [5.41, 5.74) is 0.843. The Morgan fingerprint density at radius 1 is 1.17 bits per heavy atom. The van der Waals surface area contributed by atoms with Crippen molar-refractivity contribution in [1.29, 1.82) is 0 Å². The molecule has 3 aliphatic carbocycles. The molecule has 0 aromatic heterocycles. The van der Waals surface area contributed by atoms with E-state index in [2.05, 4.69) is 19.9 Å². The molecule has 0 aromatic rings. The van der Waals surface area contributed by atoms with E-state index in [4.69, 9.17) is 0 Å². The van der Waals surface area contributed by atoms with Crippen molar-refractivity contribution in [3.05, 3.63) is 11.6 Å². The number of hydrogen-bond donors (Lipinski definition) is 4. The molecule has 0 heterocycles. The highest BCUT2D eigenvalue weighted by Gasteiger charge is 2.57. The van der Waals surface area contributed by atoms with Gasteiger partial charge >= 0.3 is 0 Å². The van der Waals surface area contributed by atoms with Crippen molar-refractivity contribution in [3.63, 3.8) is 0 Å². The summed E-state index contributed by atoms with van der Waals surface area (Å²) in [6, 6.07) is 0. The Morgan fingerprint density at radius 3 is 2.50 bits per heavy atom. The monoisotopic (exact) mass is 338 g/mol. The molecule has 3 aliphatic rings. The van der Waals surface area contributed by atoms with Crippen LogP contribution in [0.25, 0.3) is 0 Å². The number of fused-ring (bicyclic) bond motifs is 3. The van der Waals surface area contributed by atoms with Crippen LogP contribution < -0.4 is 0 Å². The molecule has 2 fully saturated rings. The lowest BCUT2D eigenvalue weighted by Crippen LogP contribution is -2.56. The Morgan fingerprint density at radius 2 is 1.88 bits per heavy atom. The summed E-state index contributed by atoms with van der Waals surface area (Å²) in [5, 5.41) is 40.1. The summed E-state index contributed by atoms with van der Waals surface area (Å²) in [6.45, 7) is 6.41. The van der Waals surface area contributed by atoms with Crippen molar-refractivity contribution in [1.82, 2.24) is 0 Å². The van der Waals surface area contributed by atoms with Gasteiger partial charge in [0.25, 0.3) is 0 Å². The van der Waals surface area contributed by atoms with Crippen molar-refractivity contribution in [2.24, 2.45) is 28.1 Å². The van der Waals surface area contributed by atoms with Gasteiger partial charge in [0.1, 0.15) is 0 Å². The Labute approximate surface area is 145 Å². The molecule has 4 nitrogen and oxygen atoms in total. The lowest BCUT2D eigenvalue weighted by molar-refractivity contribution is -0.134. The highest BCUT2D eigenvalue weighted by molar-refractivity contribution is 5.25. The first-order valence-corrected chi connectivity index (χ1v) is 9.48. The third kappa shape index (κ3) is 2.66. The lowest BCUT2D eigenvalue weighted by Gasteiger charge is -2.61. The third-order valence-electron chi connectivity index (χ3n) is 7.76. The molecule has 138 valence electrons. The summed E-state index contributed by atoms with van der Waals surface area (Å²) < 4.78 is 0. The third-order valence-corrected chi connectivity index (χ3v) is 7.76. The van der Waals surface area contributed by atoms with Gasteiger partial charge in [0.2, 0.25) is 0 Å². The molecule has 0 aliphatic heterocycles. The first-order valence-electron chi connectivity index (χ1n) is 9.48. The molecular weight excluding hydrogens is 304 g/mol. The van der Waals surface area contributed by atoms with Gasteiger partial charge in [-0.2, -0.15) is 0 Å². The van der Waals surface area contributed by atoms with Crippen LogP contribution in [0.3, 0.4) is 0 Å². The minimum Gasteiger partial charge on any atom is -0.396 e. The van der Waals surface area contributed by atoms with Crippen LogP contribution in [0.5, 0.6) is 0 Å². The van der Waals surface area contributed by atoms with Crippen molar-refractivity contribution in [2.45, 2.75) is 71.5 Å². The van der Waals surface area contributed by atoms with Gasteiger partial charge in [-0.25, -0.2) is 0 Å². The number of allylic oxidation sites excluding steroid dienone is 1. The molecule has 0 radical (unpaired) electrons. The van der Waals surface area contributed by atoms with E-state index in [-0.39, 0.29) is 35.6 Å². The minimum absolute atomic E-state index is 0.00469. The number of aliphatic hydroxyl groups excluding tert-OH is 4. The fourth-order valence-corrected chi connectivity index (χ4v) is 6.46. The van der Waals surface area contributed by atoms with Crippen LogP contribution in [0.1, 0.15) is 59.3 Å². The molecule has 0 saturated heterocycles. The quantitative estimate of drug-likeness (QED) is 0.595. The highest BCUT2D eigenvalue weighted by Crippen LogP contribution is 2.63. The first-order chi connectivity index (χ1) is 11.2. The topological polar surface area (TPSA) is 80.9 Å². The fourth-order valence-electron chi connectivity index (χ4n) is 6.46. The van der Waals surface area contributed by atoms with Crippen molar-refractivity contribution in [2.75, 3.05) is 13.2 Å². The number of hydrogen-bond acceptors (Lipinski definition) is 4. The average molecular weight is 338 g/mol. The lowest BCUT2D eigenvalue weighted by atomic mass is 9.44. The largest absolute Gasteiger partial charge is 0.396 e. The fraction of sp³-hybridized carbons (Fsp3) is 0.900. The van der Waals surface area contributed by atoms with Crippen LogP contribution in [-0.2, 0) is 0 Å². The Bertz CT molecular complexity index is 518. The molecule has 0 bridgehead atoms. The molecule has 4 N–H and O–H groups in total. The van der Waals surface area contributed by atoms with Crippen molar-refractivity contribution < 1.29 is 20.4 Å². The SMILES string of the molecule is C[C@@]1(CO)C[C@@H](O)C[C@]2(C)[C@H]3CC[C@@](C)([C@@H](O)CO)C=C3CC[C@@H]12. The zero-order chi connectivity index (χ0) is 17.8. The first kappa shape index (κ1) is 18.4. The average Bonchev–Trinajstić information content (AvgIpc) is 2.52. The van der Waals surface area contributed by atoms with Gasteiger partial charge in [0.05, 0.1) is 18.8 Å². The normalized spacial score (nSPS) is 49.8. The molecule has 0 aromatic carbocycles. The van der Waals surface area contributed by atoms with Crippen LogP contribution in [0, 0.1) is 28.1 Å². The number of aliphatic hydroxyl groups is 4. The summed E-state index contributed by atoms with van der Waals surface area (Å²) in [4.78, 5) is 0. The van der Waals surface area contributed by atoms with Crippen LogP contribution in [0.2, 0.25) is 0 Å². The van der Waals surface area contributed by atoms with Gasteiger partial charge < -0.3 is 20.4 Å². The second kappa shape index (κ2) is 6.08. The van der Waals surface area contributed by atoms with Crippen LogP contribution in [0.4, 0.5) is 0 Å². The Hall–Kier alpha value is -0.420. The van der Waals surface area contributed by atoms with E-state index in [1.54, 1.807) is 0 Å². The van der Waals surface area contributed by atoms with E-state index in [0.29, 0.717) is 18.3 Å². The maximum absolute atomic E-state index is 10.5. The van der Waals surface area contributed by atoms with Gasteiger partial charge in [0, 0.05) is 12.0 Å². The van der Waals surface area contributed by atoms with E-state index < -0.39 is 6.10 Å². The van der Waals surface area contributed by atoms with Gasteiger partial charge in [-0.05, 0) is 61.2 Å². The van der Waals surface area contributed by atoms with E-state index in [0.717, 1.165) is 32.1 Å². The molecule has 0 amide bonds. The smallest absolute Gasteiger partial charge is 0.0858 e.